The molecule has 1 fully saturated rings. The molecule has 0 aromatic carbocycles. The molecule has 2 rings (SSSR count). The molecule has 1 aliphatic heterocycles. The molecule has 2 heterocycles. The van der Waals surface area contributed by atoms with E-state index in [1.54, 1.807) is 12.1 Å². The normalized spacial score (nSPS) is 24.0. The van der Waals surface area contributed by atoms with Crippen molar-refractivity contribution in [3.8, 4) is 0 Å². The van der Waals surface area contributed by atoms with Crippen LogP contribution in [0.3, 0.4) is 0 Å². The lowest BCUT2D eigenvalue weighted by atomic mass is 10.0. The molecule has 0 radical (unpaired) electrons. The number of carbonyl (C=O) groups excluding carboxylic acids is 1. The quantitative estimate of drug-likeness (QED) is 0.856. The van der Waals surface area contributed by atoms with Crippen molar-refractivity contribution in [1.29, 1.82) is 0 Å². The third-order valence-corrected chi connectivity index (χ3v) is 4.41. The molecule has 1 aromatic rings. The molecule has 7 heteroatoms. The molecule has 1 unspecified atom stereocenters. The van der Waals surface area contributed by atoms with Crippen LogP contribution in [0.15, 0.2) is 15.9 Å². The van der Waals surface area contributed by atoms with Crippen LogP contribution in [0, 0.1) is 0 Å². The van der Waals surface area contributed by atoms with Crippen LogP contribution in [-0.4, -0.2) is 40.5 Å². The van der Waals surface area contributed by atoms with Crippen molar-refractivity contribution in [2.75, 3.05) is 13.1 Å². The van der Waals surface area contributed by atoms with Gasteiger partial charge in [-0.2, -0.15) is 0 Å². The van der Waals surface area contributed by atoms with Crippen LogP contribution in [0.4, 0.5) is 0 Å². The van der Waals surface area contributed by atoms with E-state index in [9.17, 15) is 9.59 Å². The summed E-state index contributed by atoms with van der Waals surface area (Å²) in [6, 6.07) is 3.51. The first-order chi connectivity index (χ1) is 7.92. The molecular weight excluding hydrogens is 308 g/mol. The first-order valence-corrected chi connectivity index (χ1v) is 6.60. The van der Waals surface area contributed by atoms with E-state index < -0.39 is 11.5 Å². The van der Waals surface area contributed by atoms with Crippen LogP contribution >= 0.6 is 27.3 Å². The van der Waals surface area contributed by atoms with Gasteiger partial charge in [0.1, 0.15) is 5.54 Å². The Morgan fingerprint density at radius 1 is 1.53 bits per heavy atom. The SMILES string of the molecule is NC1(C(=O)O)CCN(C(=O)c2ccc(Br)s2)C1. The highest BCUT2D eigenvalue weighted by atomic mass is 79.9. The lowest BCUT2D eigenvalue weighted by molar-refractivity contribution is -0.142. The molecule has 5 nitrogen and oxygen atoms in total. The molecule has 0 spiro atoms. The highest BCUT2D eigenvalue weighted by Crippen LogP contribution is 2.26. The molecule has 0 bridgehead atoms. The molecule has 92 valence electrons. The molecule has 17 heavy (non-hydrogen) atoms. The number of thiophene rings is 1. The second kappa shape index (κ2) is 4.40. The van der Waals surface area contributed by atoms with E-state index in [-0.39, 0.29) is 12.5 Å². The molecule has 3 N–H and O–H groups in total. The summed E-state index contributed by atoms with van der Waals surface area (Å²) in [6.45, 7) is 0.452. The topological polar surface area (TPSA) is 83.6 Å². The standard InChI is InChI=1S/C10H11BrN2O3S/c11-7-2-1-6(17-7)8(14)13-4-3-10(12,5-13)9(15)16/h1-2H,3-5,12H2,(H,15,16). The number of likely N-dealkylation sites (tertiary alicyclic amines) is 1. The zero-order valence-corrected chi connectivity index (χ0v) is 11.3. The van der Waals surface area contributed by atoms with Gasteiger partial charge in [0.25, 0.3) is 5.91 Å². The minimum atomic E-state index is -1.30. The number of amides is 1. The molecule has 1 saturated heterocycles. The number of carboxylic acids is 1. The van der Waals surface area contributed by atoms with Gasteiger partial charge >= 0.3 is 5.97 Å². The highest BCUT2D eigenvalue weighted by molar-refractivity contribution is 9.11. The first kappa shape index (κ1) is 12.5. The number of aliphatic carboxylic acids is 1. The van der Waals surface area contributed by atoms with Gasteiger partial charge in [-0.3, -0.25) is 9.59 Å². The van der Waals surface area contributed by atoms with Crippen molar-refractivity contribution in [2.24, 2.45) is 5.73 Å². The molecule has 0 saturated carbocycles. The summed E-state index contributed by atoms with van der Waals surface area (Å²) in [5.41, 5.74) is 4.41. The average Bonchev–Trinajstić information content (AvgIpc) is 2.85. The Bertz CT molecular complexity index is 476. The first-order valence-electron chi connectivity index (χ1n) is 4.99. The number of hydrogen-bond acceptors (Lipinski definition) is 4. The Labute approximate surface area is 110 Å². The summed E-state index contributed by atoms with van der Waals surface area (Å²) in [5, 5.41) is 8.98. The summed E-state index contributed by atoms with van der Waals surface area (Å²) in [7, 11) is 0. The van der Waals surface area contributed by atoms with Gasteiger partial charge in [0.15, 0.2) is 0 Å². The fraction of sp³-hybridized carbons (Fsp3) is 0.400. The maximum absolute atomic E-state index is 12.0. The molecular formula is C10H11BrN2O3S. The smallest absolute Gasteiger partial charge is 0.325 e. The predicted molar refractivity (Wildman–Crippen MR) is 67.1 cm³/mol. The highest BCUT2D eigenvalue weighted by Gasteiger charge is 2.43. The van der Waals surface area contributed by atoms with Crippen LogP contribution < -0.4 is 5.73 Å². The molecule has 0 aliphatic carbocycles. The maximum atomic E-state index is 12.0. The Morgan fingerprint density at radius 2 is 2.24 bits per heavy atom. The van der Waals surface area contributed by atoms with Crippen LogP contribution in [0.5, 0.6) is 0 Å². The van der Waals surface area contributed by atoms with E-state index in [1.165, 1.54) is 16.2 Å². The Kier molecular flexibility index (Phi) is 3.24. The predicted octanol–water partition coefficient (Wildman–Crippen LogP) is 1.14. The van der Waals surface area contributed by atoms with Crippen molar-refractivity contribution < 1.29 is 14.7 Å². The van der Waals surface area contributed by atoms with E-state index in [2.05, 4.69) is 15.9 Å². The fourth-order valence-electron chi connectivity index (χ4n) is 1.77. The summed E-state index contributed by atoms with van der Waals surface area (Å²) in [6.07, 6.45) is 0.292. The fourth-order valence-corrected chi connectivity index (χ4v) is 3.12. The minimum absolute atomic E-state index is 0.0662. The van der Waals surface area contributed by atoms with Crippen LogP contribution in [0.2, 0.25) is 0 Å². The van der Waals surface area contributed by atoms with Gasteiger partial charge in [-0.25, -0.2) is 0 Å². The molecule has 1 aromatic heterocycles. The van der Waals surface area contributed by atoms with Gasteiger partial charge in [-0.1, -0.05) is 0 Å². The largest absolute Gasteiger partial charge is 0.480 e. The van der Waals surface area contributed by atoms with Gasteiger partial charge in [0.2, 0.25) is 0 Å². The third kappa shape index (κ3) is 2.36. The Morgan fingerprint density at radius 3 is 2.71 bits per heavy atom. The molecule has 1 atom stereocenters. The van der Waals surface area contributed by atoms with Crippen LogP contribution in [-0.2, 0) is 4.79 Å². The summed E-state index contributed by atoms with van der Waals surface area (Å²) >= 11 is 4.61. The van der Waals surface area contributed by atoms with Crippen molar-refractivity contribution >= 4 is 39.1 Å². The number of hydrogen-bond donors (Lipinski definition) is 2. The third-order valence-electron chi connectivity index (χ3n) is 2.80. The second-order valence-electron chi connectivity index (χ2n) is 4.04. The maximum Gasteiger partial charge on any atom is 0.325 e. The summed E-state index contributed by atoms with van der Waals surface area (Å²) in [4.78, 5) is 25.1. The second-order valence-corrected chi connectivity index (χ2v) is 6.50. The van der Waals surface area contributed by atoms with Crippen LogP contribution in [0.25, 0.3) is 0 Å². The van der Waals surface area contributed by atoms with Crippen LogP contribution in [0.1, 0.15) is 16.1 Å². The summed E-state index contributed by atoms with van der Waals surface area (Å²) < 4.78 is 0.872. The van der Waals surface area contributed by atoms with Gasteiger partial charge < -0.3 is 15.7 Å². The van der Waals surface area contributed by atoms with E-state index in [0.29, 0.717) is 17.8 Å². The zero-order valence-electron chi connectivity index (χ0n) is 8.85. The number of carboxylic acid groups (broad SMARTS) is 1. The van der Waals surface area contributed by atoms with E-state index in [4.69, 9.17) is 10.8 Å². The number of halogens is 1. The van der Waals surface area contributed by atoms with Gasteiger partial charge in [-0.05, 0) is 34.5 Å². The van der Waals surface area contributed by atoms with E-state index in [0.717, 1.165) is 3.79 Å². The number of nitrogens with zero attached hydrogens (tertiary/aromatic N) is 1. The lowest BCUT2D eigenvalue weighted by Crippen LogP contribution is -2.50. The van der Waals surface area contributed by atoms with Gasteiger partial charge in [0.05, 0.1) is 8.66 Å². The molecule has 1 aliphatic rings. The Balaban J connectivity index is 2.11. The average molecular weight is 319 g/mol. The number of rotatable bonds is 2. The number of nitrogens with two attached hydrogens (primary N) is 1. The van der Waals surface area contributed by atoms with Crippen molar-refractivity contribution in [1.82, 2.24) is 4.90 Å². The summed E-state index contributed by atoms with van der Waals surface area (Å²) in [5.74, 6) is -1.21. The minimum Gasteiger partial charge on any atom is -0.480 e. The van der Waals surface area contributed by atoms with Crippen molar-refractivity contribution in [3.05, 3.63) is 20.8 Å². The number of carbonyl (C=O) groups is 2. The monoisotopic (exact) mass is 318 g/mol. The van der Waals surface area contributed by atoms with Gasteiger partial charge in [0, 0.05) is 13.1 Å². The Hall–Kier alpha value is -0.920. The van der Waals surface area contributed by atoms with E-state index >= 15 is 0 Å². The van der Waals surface area contributed by atoms with Gasteiger partial charge in [-0.15, -0.1) is 11.3 Å². The van der Waals surface area contributed by atoms with Crippen molar-refractivity contribution in [3.63, 3.8) is 0 Å². The molecule has 1 amide bonds. The lowest BCUT2D eigenvalue weighted by Gasteiger charge is -2.19. The van der Waals surface area contributed by atoms with E-state index in [1.807, 2.05) is 0 Å². The zero-order chi connectivity index (χ0) is 12.6. The van der Waals surface area contributed by atoms with Crippen molar-refractivity contribution in [2.45, 2.75) is 12.0 Å².